The zero-order valence-electron chi connectivity index (χ0n) is 9.83. The third kappa shape index (κ3) is 2.55. The van der Waals surface area contributed by atoms with Gasteiger partial charge in [-0.1, -0.05) is 11.8 Å². The summed E-state index contributed by atoms with van der Waals surface area (Å²) in [4.78, 5) is 0. The van der Waals surface area contributed by atoms with Crippen molar-refractivity contribution in [2.24, 2.45) is 10.8 Å². The highest BCUT2D eigenvalue weighted by Crippen LogP contribution is 2.44. The molecule has 0 saturated heterocycles. The lowest BCUT2D eigenvalue weighted by molar-refractivity contribution is 0.195. The molecule has 0 heteroatoms. The van der Waals surface area contributed by atoms with E-state index >= 15 is 0 Å². The topological polar surface area (TPSA) is 0 Å². The maximum Gasteiger partial charge on any atom is 0.0287 e. The molecule has 14 heavy (non-hydrogen) atoms. The predicted octanol–water partition coefficient (Wildman–Crippen LogP) is 3.62. The van der Waals surface area contributed by atoms with Crippen LogP contribution < -0.4 is 0 Å². The van der Waals surface area contributed by atoms with Gasteiger partial charge in [-0.05, 0) is 53.4 Å². The van der Waals surface area contributed by atoms with Gasteiger partial charge < -0.3 is 0 Å². The molecule has 0 aromatic rings. The van der Waals surface area contributed by atoms with Crippen LogP contribution in [0, 0.1) is 34.5 Å². The lowest BCUT2D eigenvalue weighted by atomic mass is 9.66. The fraction of sp³-hybridized carbons (Fsp3) is 0.714. The van der Waals surface area contributed by atoms with Gasteiger partial charge in [-0.25, -0.2) is 0 Å². The van der Waals surface area contributed by atoms with Gasteiger partial charge in [-0.15, -0.1) is 11.8 Å². The van der Waals surface area contributed by atoms with Crippen molar-refractivity contribution in [3.05, 3.63) is 0 Å². The normalized spacial score (nSPS) is 36.3. The van der Waals surface area contributed by atoms with Gasteiger partial charge in [0.05, 0.1) is 0 Å². The Bertz CT molecular complexity index is 271. The molecule has 0 spiro atoms. The monoisotopic (exact) mass is 188 g/mol. The highest BCUT2D eigenvalue weighted by Gasteiger charge is 2.35. The van der Waals surface area contributed by atoms with E-state index < -0.39 is 0 Å². The van der Waals surface area contributed by atoms with Crippen molar-refractivity contribution in [1.29, 1.82) is 0 Å². The molecule has 1 aliphatic carbocycles. The van der Waals surface area contributed by atoms with E-state index in [9.17, 15) is 0 Å². The Morgan fingerprint density at radius 3 is 1.21 bits per heavy atom. The van der Waals surface area contributed by atoms with Crippen LogP contribution in [0.2, 0.25) is 0 Å². The Labute approximate surface area is 88.5 Å². The SMILES string of the molecule is CC#CC1(C)CCC(C)(C#CC)CC1. The van der Waals surface area contributed by atoms with Crippen LogP contribution in [0.1, 0.15) is 53.4 Å². The van der Waals surface area contributed by atoms with Gasteiger partial charge in [0, 0.05) is 10.8 Å². The molecule has 0 aromatic carbocycles. The molecule has 1 rings (SSSR count). The van der Waals surface area contributed by atoms with Gasteiger partial charge in [0.15, 0.2) is 0 Å². The molecule has 0 amide bonds. The first-order chi connectivity index (χ1) is 6.54. The first-order valence-electron chi connectivity index (χ1n) is 5.41. The Balaban J connectivity index is 2.67. The van der Waals surface area contributed by atoms with Crippen LogP contribution in [0.15, 0.2) is 0 Å². The van der Waals surface area contributed by atoms with Crippen molar-refractivity contribution in [3.63, 3.8) is 0 Å². The van der Waals surface area contributed by atoms with Gasteiger partial charge in [0.2, 0.25) is 0 Å². The molecule has 0 nitrogen and oxygen atoms in total. The highest BCUT2D eigenvalue weighted by atomic mass is 14.4. The summed E-state index contributed by atoms with van der Waals surface area (Å²) < 4.78 is 0. The fourth-order valence-electron chi connectivity index (χ4n) is 2.21. The summed E-state index contributed by atoms with van der Waals surface area (Å²) in [6.45, 7) is 8.43. The Morgan fingerprint density at radius 1 is 0.714 bits per heavy atom. The molecule has 1 aliphatic rings. The van der Waals surface area contributed by atoms with E-state index in [1.54, 1.807) is 0 Å². The van der Waals surface area contributed by atoms with Gasteiger partial charge >= 0.3 is 0 Å². The maximum atomic E-state index is 3.34. The third-order valence-corrected chi connectivity index (χ3v) is 3.31. The summed E-state index contributed by atoms with van der Waals surface area (Å²) >= 11 is 0. The molecular weight excluding hydrogens is 168 g/mol. The lowest BCUT2D eigenvalue weighted by Gasteiger charge is -2.37. The van der Waals surface area contributed by atoms with Gasteiger partial charge in [-0.2, -0.15) is 0 Å². The van der Waals surface area contributed by atoms with Gasteiger partial charge in [0.1, 0.15) is 0 Å². The molecule has 0 bridgehead atoms. The van der Waals surface area contributed by atoms with Crippen molar-refractivity contribution in [2.45, 2.75) is 53.4 Å². The molecule has 76 valence electrons. The second-order valence-corrected chi connectivity index (χ2v) is 4.87. The summed E-state index contributed by atoms with van der Waals surface area (Å²) in [6, 6.07) is 0. The first kappa shape index (κ1) is 11.2. The molecular formula is C14H20. The standard InChI is InChI=1S/C14H20/c1-5-7-13(3)9-11-14(4,8-6-2)12-10-13/h9-12H2,1-4H3. The highest BCUT2D eigenvalue weighted by molar-refractivity contribution is 5.16. The van der Waals surface area contributed by atoms with Gasteiger partial charge in [-0.3, -0.25) is 0 Å². The number of hydrogen-bond donors (Lipinski definition) is 0. The lowest BCUT2D eigenvalue weighted by Crippen LogP contribution is -2.28. The molecule has 0 unspecified atom stereocenters. The van der Waals surface area contributed by atoms with Crippen LogP contribution >= 0.6 is 0 Å². The zero-order valence-corrected chi connectivity index (χ0v) is 9.83. The minimum absolute atomic E-state index is 0.254. The van der Waals surface area contributed by atoms with Crippen LogP contribution in [0.5, 0.6) is 0 Å². The number of hydrogen-bond acceptors (Lipinski definition) is 0. The largest absolute Gasteiger partial charge is 0.106 e. The summed E-state index contributed by atoms with van der Waals surface area (Å²) in [5, 5.41) is 0. The second kappa shape index (κ2) is 4.10. The van der Waals surface area contributed by atoms with Crippen LogP contribution in [0.4, 0.5) is 0 Å². The molecule has 0 atom stereocenters. The first-order valence-corrected chi connectivity index (χ1v) is 5.41. The summed E-state index contributed by atoms with van der Waals surface area (Å²) in [7, 11) is 0. The van der Waals surface area contributed by atoms with Crippen LogP contribution in [0.25, 0.3) is 0 Å². The summed E-state index contributed by atoms with van der Waals surface area (Å²) in [5.41, 5.74) is 0.507. The molecule has 0 aromatic heterocycles. The van der Waals surface area contributed by atoms with Crippen LogP contribution in [0.3, 0.4) is 0 Å². The average Bonchev–Trinajstić information content (AvgIpc) is 2.13. The van der Waals surface area contributed by atoms with Crippen molar-refractivity contribution < 1.29 is 0 Å². The smallest absolute Gasteiger partial charge is 0.0287 e. The molecule has 0 aliphatic heterocycles. The maximum absolute atomic E-state index is 3.34. The fourth-order valence-corrected chi connectivity index (χ4v) is 2.21. The van der Waals surface area contributed by atoms with E-state index in [2.05, 4.69) is 37.5 Å². The average molecular weight is 188 g/mol. The van der Waals surface area contributed by atoms with Crippen molar-refractivity contribution in [3.8, 4) is 23.7 Å². The minimum Gasteiger partial charge on any atom is -0.106 e. The molecule has 0 radical (unpaired) electrons. The predicted molar refractivity (Wildman–Crippen MR) is 61.6 cm³/mol. The third-order valence-electron chi connectivity index (χ3n) is 3.31. The second-order valence-electron chi connectivity index (χ2n) is 4.87. The van der Waals surface area contributed by atoms with Crippen molar-refractivity contribution in [2.75, 3.05) is 0 Å². The van der Waals surface area contributed by atoms with Crippen molar-refractivity contribution in [1.82, 2.24) is 0 Å². The minimum atomic E-state index is 0.254. The van der Waals surface area contributed by atoms with Crippen LogP contribution in [-0.2, 0) is 0 Å². The molecule has 1 fully saturated rings. The van der Waals surface area contributed by atoms with E-state index in [1.807, 2.05) is 13.8 Å². The summed E-state index contributed by atoms with van der Waals surface area (Å²) in [6.07, 6.45) is 4.77. The van der Waals surface area contributed by atoms with E-state index in [-0.39, 0.29) is 10.8 Å². The Hall–Kier alpha value is -0.880. The molecule has 1 saturated carbocycles. The Kier molecular flexibility index (Phi) is 3.28. The van der Waals surface area contributed by atoms with Gasteiger partial charge in [0.25, 0.3) is 0 Å². The van der Waals surface area contributed by atoms with E-state index in [0.717, 1.165) is 0 Å². The zero-order chi connectivity index (χ0) is 10.7. The quantitative estimate of drug-likeness (QED) is 0.509. The summed E-state index contributed by atoms with van der Waals surface area (Å²) in [5.74, 6) is 12.8. The van der Waals surface area contributed by atoms with Crippen molar-refractivity contribution >= 4 is 0 Å². The number of rotatable bonds is 0. The van der Waals surface area contributed by atoms with E-state index in [4.69, 9.17) is 0 Å². The molecule has 0 N–H and O–H groups in total. The van der Waals surface area contributed by atoms with Crippen LogP contribution in [-0.4, -0.2) is 0 Å². The van der Waals surface area contributed by atoms with E-state index in [1.165, 1.54) is 25.7 Å². The molecule has 0 heterocycles. The van der Waals surface area contributed by atoms with E-state index in [0.29, 0.717) is 0 Å². The Morgan fingerprint density at radius 2 is 1.00 bits per heavy atom.